The number of halogens is 1. The zero-order chi connectivity index (χ0) is 30.3. The topological polar surface area (TPSA) is 128 Å². The summed E-state index contributed by atoms with van der Waals surface area (Å²) in [6.07, 6.45) is 2.91. The number of carbonyl (C=O) groups excluding carboxylic acids is 3. The molecule has 5 rings (SSSR count). The van der Waals surface area contributed by atoms with Crippen molar-refractivity contribution in [3.05, 3.63) is 68.3 Å². The van der Waals surface area contributed by atoms with Crippen molar-refractivity contribution in [1.82, 2.24) is 24.9 Å². The molecule has 3 fully saturated rings. The van der Waals surface area contributed by atoms with E-state index in [9.17, 15) is 14.4 Å². The number of nitrogens with zero attached hydrogens (tertiary/aromatic N) is 4. The van der Waals surface area contributed by atoms with Crippen LogP contribution in [0.1, 0.15) is 44.7 Å². The Kier molecular flexibility index (Phi) is 10.8. The molecular formula is C32H43IN7O3+. The van der Waals surface area contributed by atoms with Crippen LogP contribution in [0.5, 0.6) is 0 Å². The quantitative estimate of drug-likeness (QED) is 0.252. The molecule has 43 heavy (non-hydrogen) atoms. The summed E-state index contributed by atoms with van der Waals surface area (Å²) in [5.74, 6) is 0.374. The molecule has 0 saturated carbocycles. The summed E-state index contributed by atoms with van der Waals surface area (Å²) in [5, 5.41) is 9.84. The maximum atomic E-state index is 13.5. The van der Waals surface area contributed by atoms with Gasteiger partial charge in [-0.3, -0.25) is 24.7 Å². The van der Waals surface area contributed by atoms with Crippen LogP contribution in [0.25, 0.3) is 0 Å². The van der Waals surface area contributed by atoms with E-state index in [1.807, 2.05) is 34.1 Å². The van der Waals surface area contributed by atoms with Crippen LogP contribution in [0.3, 0.4) is 0 Å². The number of hydrogen-bond acceptors (Lipinski definition) is 6. The second kappa shape index (κ2) is 14.7. The van der Waals surface area contributed by atoms with Crippen molar-refractivity contribution in [1.29, 1.82) is 0 Å². The molecule has 3 aliphatic rings. The van der Waals surface area contributed by atoms with Crippen LogP contribution in [-0.4, -0.2) is 122 Å². The molecule has 10 nitrogen and oxygen atoms in total. The fourth-order valence-electron chi connectivity index (χ4n) is 6.32. The first-order chi connectivity index (χ1) is 20.8. The van der Waals surface area contributed by atoms with Crippen molar-refractivity contribution in [3.8, 4) is 0 Å². The van der Waals surface area contributed by atoms with Crippen molar-refractivity contribution in [3.63, 3.8) is 0 Å². The van der Waals surface area contributed by atoms with E-state index in [0.29, 0.717) is 61.5 Å². The van der Waals surface area contributed by atoms with Crippen LogP contribution in [0.2, 0.25) is 0 Å². The lowest BCUT2D eigenvalue weighted by atomic mass is 9.96. The first kappa shape index (κ1) is 31.6. The van der Waals surface area contributed by atoms with Gasteiger partial charge in [0.2, 0.25) is 11.8 Å². The lowest BCUT2D eigenvalue weighted by molar-refractivity contribution is -0.134. The number of piperazine rings is 2. The van der Waals surface area contributed by atoms with Gasteiger partial charge in [-0.1, -0.05) is 18.2 Å². The molecular weight excluding hydrogens is 657 g/mol. The largest absolute Gasteiger partial charge is 0.366 e. The minimum atomic E-state index is -0.528. The van der Waals surface area contributed by atoms with Crippen molar-refractivity contribution >= 4 is 46.0 Å². The number of nitrogens with one attached hydrogen (secondary N) is 1. The Balaban J connectivity index is 1.10. The van der Waals surface area contributed by atoms with Crippen molar-refractivity contribution in [2.75, 3.05) is 78.5 Å². The van der Waals surface area contributed by atoms with Crippen LogP contribution in [0.15, 0.2) is 42.5 Å². The highest BCUT2D eigenvalue weighted by atomic mass is 127. The molecule has 3 heterocycles. The minimum absolute atomic E-state index is 0.0423. The van der Waals surface area contributed by atoms with E-state index >= 15 is 0 Å². The third-order valence-corrected chi connectivity index (χ3v) is 9.85. The fraction of sp³-hybridized carbons (Fsp3) is 0.500. The van der Waals surface area contributed by atoms with Crippen molar-refractivity contribution in [2.24, 2.45) is 11.7 Å². The average molecular weight is 701 g/mol. The number of hydrogen-bond donors (Lipinski definition) is 3. The molecule has 2 aromatic carbocycles. The van der Waals surface area contributed by atoms with Gasteiger partial charge in [0.25, 0.3) is 5.91 Å². The molecule has 0 atom stereocenters. The number of piperidine rings is 1. The van der Waals surface area contributed by atoms with E-state index in [1.165, 1.54) is 19.4 Å². The van der Waals surface area contributed by atoms with Gasteiger partial charge in [0.1, 0.15) is 0 Å². The highest BCUT2D eigenvalue weighted by Crippen LogP contribution is 2.20. The zero-order valence-electron chi connectivity index (χ0n) is 24.8. The van der Waals surface area contributed by atoms with Crippen molar-refractivity contribution < 1.29 is 19.8 Å². The summed E-state index contributed by atoms with van der Waals surface area (Å²) in [6, 6.07) is 12.8. The van der Waals surface area contributed by atoms with Crippen LogP contribution in [0, 0.1) is 9.49 Å². The normalized spacial score (nSPS) is 18.9. The van der Waals surface area contributed by atoms with E-state index in [0.717, 1.165) is 54.3 Å². The highest BCUT2D eigenvalue weighted by Gasteiger charge is 2.28. The number of amides is 3. The third kappa shape index (κ3) is 8.20. The minimum Gasteiger partial charge on any atom is -0.366 e. The molecule has 0 aromatic heterocycles. The van der Waals surface area contributed by atoms with E-state index in [1.54, 1.807) is 18.2 Å². The Morgan fingerprint density at radius 1 is 0.837 bits per heavy atom. The van der Waals surface area contributed by atoms with E-state index in [4.69, 9.17) is 11.1 Å². The van der Waals surface area contributed by atoms with E-state index < -0.39 is 5.91 Å². The number of benzene rings is 2. The molecule has 0 unspecified atom stereocenters. The molecule has 230 valence electrons. The summed E-state index contributed by atoms with van der Waals surface area (Å²) in [7, 11) is 0. The maximum absolute atomic E-state index is 13.5. The van der Waals surface area contributed by atoms with Crippen LogP contribution in [-0.2, 0) is 11.2 Å². The smallest absolute Gasteiger partial charge is 0.255 e. The van der Waals surface area contributed by atoms with Gasteiger partial charge >= 0.3 is 0 Å². The molecule has 3 amide bonds. The summed E-state index contributed by atoms with van der Waals surface area (Å²) in [6.45, 7) is 9.91. The Morgan fingerprint density at radius 3 is 2.14 bits per heavy atom. The highest BCUT2D eigenvalue weighted by molar-refractivity contribution is 14.1. The van der Waals surface area contributed by atoms with E-state index in [-0.39, 0.29) is 11.8 Å². The van der Waals surface area contributed by atoms with Gasteiger partial charge in [-0.15, -0.1) is 0 Å². The van der Waals surface area contributed by atoms with Gasteiger partial charge in [0.05, 0.1) is 29.7 Å². The summed E-state index contributed by atoms with van der Waals surface area (Å²) in [4.78, 5) is 47.1. The fourth-order valence-corrected chi connectivity index (χ4v) is 6.89. The predicted molar refractivity (Wildman–Crippen MR) is 175 cm³/mol. The Morgan fingerprint density at radius 2 is 1.47 bits per heavy atom. The summed E-state index contributed by atoms with van der Waals surface area (Å²) in [5.41, 5.74) is 8.54. The Labute approximate surface area is 267 Å². The first-order valence-corrected chi connectivity index (χ1v) is 16.4. The SMILES string of the molecule is NC(=O)c1ccccc1C(=[NH2+])Cc1ccc(I)c(C(=O)N2CCN(C(=O)CN3CCN(CC4CCNCC4)CC3)CC2)c1. The molecule has 0 aliphatic carbocycles. The second-order valence-electron chi connectivity index (χ2n) is 11.9. The number of carbonyl (C=O) groups is 3. The third-order valence-electron chi connectivity index (χ3n) is 8.91. The number of primary amides is 1. The lowest BCUT2D eigenvalue weighted by Crippen LogP contribution is -2.55. The van der Waals surface area contributed by atoms with Crippen LogP contribution in [0.4, 0.5) is 0 Å². The second-order valence-corrected chi connectivity index (χ2v) is 13.0. The van der Waals surface area contributed by atoms with Gasteiger partial charge in [-0.05, 0) is 84.3 Å². The lowest BCUT2D eigenvalue weighted by Gasteiger charge is -2.39. The van der Waals surface area contributed by atoms with Gasteiger partial charge in [-0.25, -0.2) is 0 Å². The van der Waals surface area contributed by atoms with Crippen molar-refractivity contribution in [2.45, 2.75) is 19.3 Å². The van der Waals surface area contributed by atoms with Gasteiger partial charge < -0.3 is 25.8 Å². The van der Waals surface area contributed by atoms with E-state index in [2.05, 4.69) is 37.7 Å². The average Bonchev–Trinajstić information content (AvgIpc) is 3.03. The molecule has 0 radical (unpaired) electrons. The molecule has 2 aromatic rings. The zero-order valence-corrected chi connectivity index (χ0v) is 26.9. The number of rotatable bonds is 9. The Hall–Kier alpha value is -2.87. The standard InChI is InChI=1S/C32H42IN7O3/c33-28-6-5-24(20-29(34)25-3-1-2-4-26(25)31(35)42)19-27(28)32(43)40-17-15-39(16-18-40)30(41)22-38-13-11-37(12-14-38)21-23-7-9-36-10-8-23/h1-6,19,23,34,36H,7-18,20-22H2,(H2,35,42)/p+1. The summed E-state index contributed by atoms with van der Waals surface area (Å²) >= 11 is 2.19. The van der Waals surface area contributed by atoms with Gasteiger partial charge in [-0.2, -0.15) is 0 Å². The monoisotopic (exact) mass is 700 g/mol. The molecule has 5 N–H and O–H groups in total. The summed E-state index contributed by atoms with van der Waals surface area (Å²) < 4.78 is 0.861. The maximum Gasteiger partial charge on any atom is 0.255 e. The number of nitrogens with two attached hydrogens (primary N) is 2. The van der Waals surface area contributed by atoms with Crippen LogP contribution < -0.4 is 16.5 Å². The molecule has 0 bridgehead atoms. The van der Waals surface area contributed by atoms with Crippen LogP contribution >= 0.6 is 22.6 Å². The molecule has 3 saturated heterocycles. The molecule has 11 heteroatoms. The Bertz CT molecular complexity index is 1330. The van der Waals surface area contributed by atoms with Gasteiger partial charge in [0.15, 0.2) is 5.71 Å². The first-order valence-electron chi connectivity index (χ1n) is 15.3. The van der Waals surface area contributed by atoms with Gasteiger partial charge in [0, 0.05) is 62.5 Å². The predicted octanol–water partition coefficient (Wildman–Crippen LogP) is 0.0826. The molecule has 0 spiro atoms. The molecule has 3 aliphatic heterocycles.